The monoisotopic (exact) mass is 375 g/mol. The van der Waals surface area contributed by atoms with Crippen LogP contribution in [0.5, 0.6) is 0 Å². The molecular weight excluding hydrogens is 358 g/mol. The average molecular weight is 376 g/mol. The van der Waals surface area contributed by atoms with E-state index in [0.717, 1.165) is 23.2 Å². The Balaban J connectivity index is 1.80. The molecule has 1 aromatic rings. The zero-order valence-electron chi connectivity index (χ0n) is 13.4. The van der Waals surface area contributed by atoms with Crippen LogP contribution in [-0.2, 0) is 10.2 Å². The first-order valence-corrected chi connectivity index (χ1v) is 8.60. The van der Waals surface area contributed by atoms with Crippen molar-refractivity contribution in [3.63, 3.8) is 0 Å². The van der Waals surface area contributed by atoms with E-state index in [0.29, 0.717) is 16.9 Å². The Morgan fingerprint density at radius 2 is 2.04 bits per heavy atom. The Kier molecular flexibility index (Phi) is 2.90. The molecule has 2 aliphatic carbocycles. The molecule has 2 atom stereocenters. The molecule has 0 radical (unpaired) electrons. The predicted octanol–water partition coefficient (Wildman–Crippen LogP) is 4.00. The number of ketones is 1. The zero-order chi connectivity index (χ0) is 16.6. The number of halogens is 1. The van der Waals surface area contributed by atoms with Gasteiger partial charge in [-0.25, -0.2) is 4.79 Å². The minimum atomic E-state index is -0.555. The van der Waals surface area contributed by atoms with E-state index in [9.17, 15) is 9.59 Å². The van der Waals surface area contributed by atoms with Crippen LogP contribution >= 0.6 is 15.9 Å². The van der Waals surface area contributed by atoms with Crippen molar-refractivity contribution >= 4 is 27.8 Å². The van der Waals surface area contributed by atoms with Gasteiger partial charge in [0, 0.05) is 17.5 Å². The molecule has 4 rings (SSSR count). The van der Waals surface area contributed by atoms with Crippen molar-refractivity contribution in [1.82, 2.24) is 4.90 Å². The number of carbonyl (C=O) groups excluding carboxylic acids is 2. The van der Waals surface area contributed by atoms with Crippen LogP contribution in [0, 0.1) is 5.92 Å². The number of ether oxygens (including phenoxy) is 1. The fourth-order valence-corrected chi connectivity index (χ4v) is 4.72. The lowest BCUT2D eigenvalue weighted by atomic mass is 9.81. The number of Topliss-reactive ketones (excluding diaryl/α,β-unsaturated/α-hetero) is 1. The van der Waals surface area contributed by atoms with Crippen LogP contribution in [0.15, 0.2) is 34.4 Å². The second-order valence-corrected chi connectivity index (χ2v) is 8.29. The van der Waals surface area contributed by atoms with E-state index >= 15 is 0 Å². The average Bonchev–Trinajstić information content (AvgIpc) is 3.08. The maximum atomic E-state index is 12.7. The molecule has 5 heteroatoms. The van der Waals surface area contributed by atoms with Gasteiger partial charge in [0.05, 0.1) is 10.2 Å². The van der Waals surface area contributed by atoms with Gasteiger partial charge in [-0.05, 0) is 54.6 Å². The highest BCUT2D eigenvalue weighted by molar-refractivity contribution is 9.12. The normalized spacial score (nSPS) is 28.3. The quantitative estimate of drug-likeness (QED) is 0.688. The molecule has 1 amide bonds. The Morgan fingerprint density at radius 3 is 2.74 bits per heavy atom. The third kappa shape index (κ3) is 1.95. The second-order valence-electron chi connectivity index (χ2n) is 7.50. The summed E-state index contributed by atoms with van der Waals surface area (Å²) in [4.78, 5) is 26.9. The molecule has 1 aromatic carbocycles. The van der Waals surface area contributed by atoms with E-state index in [1.165, 1.54) is 0 Å². The number of hydrogen-bond acceptors (Lipinski definition) is 3. The Labute approximate surface area is 143 Å². The van der Waals surface area contributed by atoms with E-state index in [4.69, 9.17) is 4.74 Å². The molecule has 1 saturated carbocycles. The van der Waals surface area contributed by atoms with Gasteiger partial charge in [0.1, 0.15) is 5.60 Å². The zero-order valence-corrected chi connectivity index (χ0v) is 14.9. The molecule has 1 aliphatic heterocycles. The van der Waals surface area contributed by atoms with Crippen molar-refractivity contribution in [1.29, 1.82) is 0 Å². The predicted molar refractivity (Wildman–Crippen MR) is 89.5 cm³/mol. The third-order valence-corrected chi connectivity index (χ3v) is 5.61. The fraction of sp³-hybridized carbons (Fsp3) is 0.444. The van der Waals surface area contributed by atoms with Gasteiger partial charge in [-0.2, -0.15) is 0 Å². The van der Waals surface area contributed by atoms with Gasteiger partial charge >= 0.3 is 6.09 Å². The first-order valence-electron chi connectivity index (χ1n) is 7.80. The van der Waals surface area contributed by atoms with Crippen LogP contribution in [0.2, 0.25) is 0 Å². The van der Waals surface area contributed by atoms with Gasteiger partial charge in [-0.15, -0.1) is 0 Å². The number of fused-ring (bicyclic) bond motifs is 1. The number of carbonyl (C=O) groups is 2. The molecule has 120 valence electrons. The molecule has 23 heavy (non-hydrogen) atoms. The van der Waals surface area contributed by atoms with Crippen molar-refractivity contribution in [2.45, 2.75) is 38.2 Å². The van der Waals surface area contributed by atoms with Gasteiger partial charge in [-0.1, -0.05) is 24.3 Å². The van der Waals surface area contributed by atoms with Gasteiger partial charge < -0.3 is 4.74 Å². The first-order chi connectivity index (χ1) is 10.8. The van der Waals surface area contributed by atoms with Crippen molar-refractivity contribution in [2.75, 3.05) is 6.54 Å². The number of nitrogens with zero attached hydrogens (tertiary/aromatic N) is 1. The largest absolute Gasteiger partial charge is 0.443 e. The molecule has 0 aromatic heterocycles. The third-order valence-electron chi connectivity index (χ3n) is 4.87. The number of piperidine rings is 1. The number of amides is 1. The standard InChI is InChI=1S/C18H18BrNO3/c1-17(2,3)23-16(22)20-9-10-8-18(10)12-7-5-4-6-11(12)14(21)13(19)15(18)20/h4-7,10H,8-9H2,1-3H3/t10-,18-/m1/s1. The molecule has 1 heterocycles. The van der Waals surface area contributed by atoms with Crippen LogP contribution in [0.4, 0.5) is 4.79 Å². The van der Waals surface area contributed by atoms with Crippen LogP contribution in [0.3, 0.4) is 0 Å². The van der Waals surface area contributed by atoms with Crippen molar-refractivity contribution in [2.24, 2.45) is 5.92 Å². The SMILES string of the molecule is CC(C)(C)OC(=O)N1C[C@H]2C[C@@]23C1=C(Br)C(=O)c1ccccc13. The lowest BCUT2D eigenvalue weighted by Gasteiger charge is -2.32. The summed E-state index contributed by atoms with van der Waals surface area (Å²) >= 11 is 3.46. The maximum absolute atomic E-state index is 12.7. The summed E-state index contributed by atoms with van der Waals surface area (Å²) < 4.78 is 6.03. The summed E-state index contributed by atoms with van der Waals surface area (Å²) in [5, 5.41) is 0. The Morgan fingerprint density at radius 1 is 1.35 bits per heavy atom. The molecule has 2 fully saturated rings. The molecular formula is C18H18BrNO3. The highest BCUT2D eigenvalue weighted by Crippen LogP contribution is 2.68. The molecule has 1 saturated heterocycles. The highest BCUT2D eigenvalue weighted by atomic mass is 79.9. The minimum Gasteiger partial charge on any atom is -0.443 e. The smallest absolute Gasteiger partial charge is 0.414 e. The molecule has 0 unspecified atom stereocenters. The number of hydrogen-bond donors (Lipinski definition) is 0. The summed E-state index contributed by atoms with van der Waals surface area (Å²) in [6.45, 7) is 6.16. The van der Waals surface area contributed by atoms with Gasteiger partial charge in [-0.3, -0.25) is 9.69 Å². The number of allylic oxidation sites excluding steroid dienone is 2. The van der Waals surface area contributed by atoms with Gasteiger partial charge in [0.2, 0.25) is 5.78 Å². The van der Waals surface area contributed by atoms with Gasteiger partial charge in [0.15, 0.2) is 0 Å². The summed E-state index contributed by atoms with van der Waals surface area (Å²) in [7, 11) is 0. The maximum Gasteiger partial charge on any atom is 0.414 e. The summed E-state index contributed by atoms with van der Waals surface area (Å²) in [6, 6.07) is 7.74. The molecule has 3 aliphatic rings. The topological polar surface area (TPSA) is 46.6 Å². The highest BCUT2D eigenvalue weighted by Gasteiger charge is 2.68. The van der Waals surface area contributed by atoms with E-state index < -0.39 is 5.60 Å². The van der Waals surface area contributed by atoms with Crippen LogP contribution in [0.1, 0.15) is 43.1 Å². The fourth-order valence-electron chi connectivity index (χ4n) is 3.94. The molecule has 4 nitrogen and oxygen atoms in total. The number of likely N-dealkylation sites (tertiary alicyclic amines) is 1. The van der Waals surface area contributed by atoms with E-state index in [1.807, 2.05) is 45.0 Å². The van der Waals surface area contributed by atoms with E-state index in [-0.39, 0.29) is 17.3 Å². The number of rotatable bonds is 0. The minimum absolute atomic E-state index is 0.0534. The van der Waals surface area contributed by atoms with Crippen molar-refractivity contribution in [3.05, 3.63) is 45.6 Å². The van der Waals surface area contributed by atoms with Crippen LogP contribution in [-0.4, -0.2) is 28.9 Å². The summed E-state index contributed by atoms with van der Waals surface area (Å²) in [5.41, 5.74) is 1.84. The first kappa shape index (κ1) is 14.9. The van der Waals surface area contributed by atoms with Gasteiger partial charge in [0.25, 0.3) is 0 Å². The van der Waals surface area contributed by atoms with Crippen molar-refractivity contribution < 1.29 is 14.3 Å². The Bertz CT molecular complexity index is 777. The second kappa shape index (κ2) is 4.47. The van der Waals surface area contributed by atoms with Crippen molar-refractivity contribution in [3.8, 4) is 0 Å². The van der Waals surface area contributed by atoms with E-state index in [1.54, 1.807) is 4.90 Å². The molecule has 0 bridgehead atoms. The lowest BCUT2D eigenvalue weighted by Crippen LogP contribution is -2.38. The Hall–Kier alpha value is -1.62. The lowest BCUT2D eigenvalue weighted by molar-refractivity contribution is 0.0322. The molecule has 1 spiro atoms. The summed E-state index contributed by atoms with van der Waals surface area (Å²) in [5.74, 6) is 0.314. The van der Waals surface area contributed by atoms with Crippen LogP contribution < -0.4 is 0 Å². The number of benzene rings is 1. The van der Waals surface area contributed by atoms with E-state index in [2.05, 4.69) is 15.9 Å². The summed E-state index contributed by atoms with van der Waals surface area (Å²) in [6.07, 6.45) is 0.615. The molecule has 0 N–H and O–H groups in total. The van der Waals surface area contributed by atoms with Crippen LogP contribution in [0.25, 0.3) is 0 Å².